The van der Waals surface area contributed by atoms with E-state index in [4.69, 9.17) is 9.84 Å². The van der Waals surface area contributed by atoms with E-state index in [-0.39, 0.29) is 18.7 Å². The van der Waals surface area contributed by atoms with Crippen molar-refractivity contribution in [1.82, 2.24) is 15.0 Å². The van der Waals surface area contributed by atoms with E-state index in [1.54, 1.807) is 24.3 Å². The lowest BCUT2D eigenvalue weighted by Crippen LogP contribution is -2.31. The minimum Gasteiger partial charge on any atom is -0.497 e. The number of methoxy groups -OCH3 is 1. The van der Waals surface area contributed by atoms with Gasteiger partial charge in [-0.3, -0.25) is 9.78 Å². The molecule has 0 amide bonds. The number of hydrazone groups is 1. The number of nitrogens with one attached hydrogen (secondary N) is 2. The molecular weight excluding hydrogens is 304 g/mol. The monoisotopic (exact) mass is 320 g/mol. The third-order valence-corrected chi connectivity index (χ3v) is 2.96. The van der Waals surface area contributed by atoms with E-state index in [0.29, 0.717) is 11.4 Å². The summed E-state index contributed by atoms with van der Waals surface area (Å²) in [5.74, 6) is 0.0409. The predicted molar refractivity (Wildman–Crippen MR) is 83.6 cm³/mol. The first-order chi connectivity index (χ1) is 11.1. The molecule has 0 bridgehead atoms. The van der Waals surface area contributed by atoms with Gasteiger partial charge in [0.15, 0.2) is 0 Å². The number of aromatic hydroxyl groups is 1. The van der Waals surface area contributed by atoms with E-state index in [0.717, 1.165) is 10.8 Å². The van der Waals surface area contributed by atoms with E-state index in [2.05, 4.69) is 15.5 Å². The summed E-state index contributed by atoms with van der Waals surface area (Å²) in [5.41, 5.74) is 1.09. The van der Waals surface area contributed by atoms with Crippen LogP contribution in [0.4, 0.5) is 0 Å². The molecule has 2 rings (SSSR count). The van der Waals surface area contributed by atoms with Gasteiger partial charge in [0, 0.05) is 0 Å². The number of rotatable bonds is 6. The average Bonchev–Trinajstić information content (AvgIpc) is 2.54. The molecule has 2 aromatic rings. The smallest absolute Gasteiger partial charge is 0.335 e. The SMILES string of the molecule is COc1ccc(-n2c(O)c(C=NNCCO)c(=O)[nH]c2=O)cc1. The molecule has 1 aromatic carbocycles. The number of hydrogen-bond donors (Lipinski definition) is 4. The molecule has 4 N–H and O–H groups in total. The van der Waals surface area contributed by atoms with Crippen LogP contribution in [0.1, 0.15) is 5.56 Å². The van der Waals surface area contributed by atoms with Crippen LogP contribution < -0.4 is 21.4 Å². The summed E-state index contributed by atoms with van der Waals surface area (Å²) < 4.78 is 5.97. The van der Waals surface area contributed by atoms with Crippen LogP contribution in [-0.2, 0) is 0 Å². The largest absolute Gasteiger partial charge is 0.497 e. The van der Waals surface area contributed by atoms with Crippen molar-refractivity contribution < 1.29 is 14.9 Å². The number of H-pyrrole nitrogens is 1. The normalized spacial score (nSPS) is 10.9. The maximum absolute atomic E-state index is 12.0. The molecule has 122 valence electrons. The van der Waals surface area contributed by atoms with Crippen LogP contribution in [0.5, 0.6) is 11.6 Å². The van der Waals surface area contributed by atoms with Gasteiger partial charge in [0.25, 0.3) is 5.56 Å². The van der Waals surface area contributed by atoms with Crippen molar-refractivity contribution in [3.8, 4) is 17.3 Å². The van der Waals surface area contributed by atoms with Crippen LogP contribution >= 0.6 is 0 Å². The molecule has 0 radical (unpaired) electrons. The molecule has 0 spiro atoms. The number of aliphatic hydroxyl groups excluding tert-OH is 1. The lowest BCUT2D eigenvalue weighted by molar-refractivity contribution is 0.294. The van der Waals surface area contributed by atoms with E-state index >= 15 is 0 Å². The van der Waals surface area contributed by atoms with Crippen LogP contribution in [0.3, 0.4) is 0 Å². The first-order valence-electron chi connectivity index (χ1n) is 6.68. The quantitative estimate of drug-likeness (QED) is 0.312. The van der Waals surface area contributed by atoms with Gasteiger partial charge in [0.2, 0.25) is 5.88 Å². The zero-order valence-electron chi connectivity index (χ0n) is 12.3. The Labute approximate surface area is 130 Å². The van der Waals surface area contributed by atoms with Gasteiger partial charge in [0.05, 0.1) is 32.2 Å². The Morgan fingerprint density at radius 3 is 2.65 bits per heavy atom. The summed E-state index contributed by atoms with van der Waals surface area (Å²) in [6.07, 6.45) is 1.07. The number of aromatic amines is 1. The van der Waals surface area contributed by atoms with Gasteiger partial charge < -0.3 is 20.4 Å². The fourth-order valence-electron chi connectivity index (χ4n) is 1.85. The second kappa shape index (κ2) is 7.27. The van der Waals surface area contributed by atoms with Gasteiger partial charge in [-0.05, 0) is 24.3 Å². The van der Waals surface area contributed by atoms with Crippen molar-refractivity contribution in [1.29, 1.82) is 0 Å². The molecule has 0 unspecified atom stereocenters. The van der Waals surface area contributed by atoms with Crippen molar-refractivity contribution >= 4 is 6.21 Å². The maximum Gasteiger partial charge on any atom is 0.335 e. The minimum absolute atomic E-state index is 0.134. The molecule has 0 saturated heterocycles. The summed E-state index contributed by atoms with van der Waals surface area (Å²) in [5, 5.41) is 22.6. The zero-order chi connectivity index (χ0) is 16.8. The van der Waals surface area contributed by atoms with Crippen molar-refractivity contribution in [3.05, 3.63) is 50.7 Å². The Hall–Kier alpha value is -3.07. The Morgan fingerprint density at radius 2 is 2.04 bits per heavy atom. The number of benzene rings is 1. The van der Waals surface area contributed by atoms with Gasteiger partial charge in [-0.2, -0.15) is 5.10 Å². The van der Waals surface area contributed by atoms with Crippen molar-refractivity contribution in [2.45, 2.75) is 0 Å². The van der Waals surface area contributed by atoms with Crippen LogP contribution in [-0.4, -0.2) is 46.2 Å². The Morgan fingerprint density at radius 1 is 1.35 bits per heavy atom. The van der Waals surface area contributed by atoms with Gasteiger partial charge in [0.1, 0.15) is 11.3 Å². The molecule has 9 nitrogen and oxygen atoms in total. The first-order valence-corrected chi connectivity index (χ1v) is 6.68. The Kier molecular flexibility index (Phi) is 5.15. The highest BCUT2D eigenvalue weighted by Crippen LogP contribution is 2.18. The summed E-state index contributed by atoms with van der Waals surface area (Å²) in [6, 6.07) is 6.35. The van der Waals surface area contributed by atoms with Gasteiger partial charge in [-0.25, -0.2) is 9.36 Å². The van der Waals surface area contributed by atoms with E-state index in [1.807, 2.05) is 0 Å². The number of aromatic nitrogens is 2. The Balaban J connectivity index is 2.49. The minimum atomic E-state index is -0.780. The van der Waals surface area contributed by atoms with E-state index < -0.39 is 17.1 Å². The number of nitrogens with zero attached hydrogens (tertiary/aromatic N) is 2. The molecule has 1 heterocycles. The molecule has 0 atom stereocenters. The molecular formula is C14H16N4O5. The van der Waals surface area contributed by atoms with Crippen molar-refractivity contribution in [2.75, 3.05) is 20.3 Å². The Bertz CT molecular complexity index is 807. The fourth-order valence-corrected chi connectivity index (χ4v) is 1.85. The molecule has 1 aromatic heterocycles. The highest BCUT2D eigenvalue weighted by Gasteiger charge is 2.14. The average molecular weight is 320 g/mol. The molecule has 0 aliphatic carbocycles. The first kappa shape index (κ1) is 16.3. The van der Waals surface area contributed by atoms with E-state index in [1.165, 1.54) is 7.11 Å². The molecule has 0 aliphatic heterocycles. The summed E-state index contributed by atoms with van der Waals surface area (Å²) in [6.45, 7) is 0.0539. The van der Waals surface area contributed by atoms with Crippen LogP contribution in [0, 0.1) is 0 Å². The van der Waals surface area contributed by atoms with Crippen molar-refractivity contribution in [2.24, 2.45) is 5.10 Å². The summed E-state index contributed by atoms with van der Waals surface area (Å²) in [7, 11) is 1.51. The maximum atomic E-state index is 12.0. The van der Waals surface area contributed by atoms with Crippen LogP contribution in [0.25, 0.3) is 5.69 Å². The van der Waals surface area contributed by atoms with Crippen LogP contribution in [0.15, 0.2) is 39.0 Å². The predicted octanol–water partition coefficient (Wildman–Crippen LogP) is -0.844. The second-order valence-electron chi connectivity index (χ2n) is 4.42. The third-order valence-electron chi connectivity index (χ3n) is 2.96. The number of aliphatic hydroxyl groups is 1. The van der Waals surface area contributed by atoms with E-state index in [9.17, 15) is 14.7 Å². The van der Waals surface area contributed by atoms with Gasteiger partial charge in [-0.1, -0.05) is 0 Å². The lowest BCUT2D eigenvalue weighted by atomic mass is 10.2. The summed E-state index contributed by atoms with van der Waals surface area (Å²) in [4.78, 5) is 25.9. The highest BCUT2D eigenvalue weighted by molar-refractivity contribution is 5.82. The molecule has 23 heavy (non-hydrogen) atoms. The second-order valence-corrected chi connectivity index (χ2v) is 4.42. The van der Waals surface area contributed by atoms with Crippen molar-refractivity contribution in [3.63, 3.8) is 0 Å². The van der Waals surface area contributed by atoms with Crippen LogP contribution in [0.2, 0.25) is 0 Å². The molecule has 0 saturated carbocycles. The molecule has 9 heteroatoms. The standard InChI is InChI=1S/C14H16N4O5/c1-23-10-4-2-9(3-5-10)18-13(21)11(8-16-15-6-7-19)12(20)17-14(18)22/h2-5,8,15,19,21H,6-7H2,1H3,(H,17,20,22). The fraction of sp³-hybridized carbons (Fsp3) is 0.214. The lowest BCUT2D eigenvalue weighted by Gasteiger charge is -2.10. The highest BCUT2D eigenvalue weighted by atomic mass is 16.5. The summed E-state index contributed by atoms with van der Waals surface area (Å²) >= 11 is 0. The zero-order valence-corrected chi connectivity index (χ0v) is 12.3. The number of ether oxygens (including phenoxy) is 1. The third kappa shape index (κ3) is 3.58. The molecule has 0 fully saturated rings. The number of hydrogen-bond acceptors (Lipinski definition) is 7. The molecule has 0 aliphatic rings. The van der Waals surface area contributed by atoms with Gasteiger partial charge >= 0.3 is 5.69 Å². The van der Waals surface area contributed by atoms with Gasteiger partial charge in [-0.15, -0.1) is 0 Å². The topological polar surface area (TPSA) is 129 Å².